The number of amides is 1. The van der Waals surface area contributed by atoms with Gasteiger partial charge in [0, 0.05) is 30.1 Å². The molecule has 1 unspecified atom stereocenters. The number of hydrogen-bond acceptors (Lipinski definition) is 4. The molecule has 9 heteroatoms. The third-order valence-electron chi connectivity index (χ3n) is 3.54. The minimum Gasteiger partial charge on any atom is -0.484 e. The Morgan fingerprint density at radius 3 is 2.68 bits per heavy atom. The van der Waals surface area contributed by atoms with E-state index in [4.69, 9.17) is 4.74 Å². The summed E-state index contributed by atoms with van der Waals surface area (Å²) >= 11 is 0. The van der Waals surface area contributed by atoms with Crippen molar-refractivity contribution in [1.82, 2.24) is 15.1 Å². The van der Waals surface area contributed by atoms with E-state index in [-0.39, 0.29) is 11.7 Å². The third kappa shape index (κ3) is 4.96. The molecule has 1 aromatic heterocycles. The van der Waals surface area contributed by atoms with Gasteiger partial charge in [-0.15, -0.1) is 0 Å². The highest BCUT2D eigenvalue weighted by Crippen LogP contribution is 2.28. The molecule has 2 aromatic rings. The monoisotopic (exact) mass is 356 g/mol. The third-order valence-corrected chi connectivity index (χ3v) is 3.54. The number of rotatable bonds is 6. The van der Waals surface area contributed by atoms with Gasteiger partial charge in [0.25, 0.3) is 0 Å². The Balaban J connectivity index is 2.14. The lowest BCUT2D eigenvalue weighted by molar-refractivity contribution is -0.153. The van der Waals surface area contributed by atoms with Gasteiger partial charge in [0.15, 0.2) is 6.61 Å². The molecule has 0 aliphatic heterocycles. The van der Waals surface area contributed by atoms with E-state index in [0.29, 0.717) is 16.8 Å². The number of carbonyl (C=O) groups excluding carboxylic acids is 1. The molecular formula is C16H19F3N4O2. The van der Waals surface area contributed by atoms with E-state index >= 15 is 0 Å². The predicted molar refractivity (Wildman–Crippen MR) is 86.4 cm³/mol. The maximum absolute atomic E-state index is 12.5. The Morgan fingerprint density at radius 1 is 1.40 bits per heavy atom. The minimum atomic E-state index is -4.43. The smallest absolute Gasteiger partial charge is 0.422 e. The first-order valence-corrected chi connectivity index (χ1v) is 7.47. The van der Waals surface area contributed by atoms with Crippen LogP contribution in [0.15, 0.2) is 30.6 Å². The summed E-state index contributed by atoms with van der Waals surface area (Å²) in [6.45, 7) is 0.194. The Morgan fingerprint density at radius 2 is 2.12 bits per heavy atom. The van der Waals surface area contributed by atoms with Crippen molar-refractivity contribution in [3.63, 3.8) is 0 Å². The molecule has 1 aromatic carbocycles. The first kappa shape index (κ1) is 18.8. The molecule has 136 valence electrons. The number of likely N-dealkylation sites (N-methyl/N-ethyl adjacent to an activating group) is 1. The van der Waals surface area contributed by atoms with Crippen molar-refractivity contribution >= 4 is 11.6 Å². The van der Waals surface area contributed by atoms with Gasteiger partial charge < -0.3 is 15.4 Å². The maximum atomic E-state index is 12.5. The molecule has 0 bridgehead atoms. The molecule has 0 aliphatic carbocycles. The molecular weight excluding hydrogens is 337 g/mol. The number of alkyl halides is 3. The van der Waals surface area contributed by atoms with E-state index in [2.05, 4.69) is 15.7 Å². The van der Waals surface area contributed by atoms with Crippen LogP contribution >= 0.6 is 0 Å². The van der Waals surface area contributed by atoms with Gasteiger partial charge in [-0.1, -0.05) is 6.07 Å². The molecule has 0 aliphatic rings. The fraction of sp³-hybridized carbons (Fsp3) is 0.375. The Bertz CT molecular complexity index is 743. The molecule has 0 radical (unpaired) electrons. The lowest BCUT2D eigenvalue weighted by Gasteiger charge is -2.18. The Hall–Kier alpha value is -2.55. The van der Waals surface area contributed by atoms with Crippen molar-refractivity contribution in [1.29, 1.82) is 0 Å². The summed E-state index contributed by atoms with van der Waals surface area (Å²) in [5.41, 5.74) is 1.47. The van der Waals surface area contributed by atoms with Crippen LogP contribution in [0, 0.1) is 6.92 Å². The number of aromatic nitrogens is 2. The molecule has 6 nitrogen and oxygen atoms in total. The summed E-state index contributed by atoms with van der Waals surface area (Å²) in [7, 11) is 3.37. The molecule has 25 heavy (non-hydrogen) atoms. The summed E-state index contributed by atoms with van der Waals surface area (Å²) in [5, 5.41) is 9.62. The number of benzene rings is 1. The second-order valence-corrected chi connectivity index (χ2v) is 5.49. The van der Waals surface area contributed by atoms with Crippen LogP contribution < -0.4 is 15.4 Å². The van der Waals surface area contributed by atoms with Crippen LogP contribution in [0.25, 0.3) is 0 Å². The molecule has 2 rings (SSSR count). The van der Waals surface area contributed by atoms with Crippen LogP contribution in [0.4, 0.5) is 18.9 Å². The first-order valence-electron chi connectivity index (χ1n) is 7.47. The van der Waals surface area contributed by atoms with Gasteiger partial charge in [0.05, 0.1) is 6.20 Å². The molecule has 1 amide bonds. The number of carbonyl (C=O) groups is 1. The van der Waals surface area contributed by atoms with Crippen LogP contribution in [-0.4, -0.2) is 35.5 Å². The average Bonchev–Trinajstić information content (AvgIpc) is 2.94. The predicted octanol–water partition coefficient (Wildman–Crippen LogP) is 2.57. The number of hydrogen-bond donors (Lipinski definition) is 2. The number of ether oxygens (including phenoxy) is 1. The second kappa shape index (κ2) is 7.56. The van der Waals surface area contributed by atoms with E-state index < -0.39 is 18.8 Å². The van der Waals surface area contributed by atoms with E-state index in [1.165, 1.54) is 12.1 Å². The number of nitrogens with zero attached hydrogens (tertiary/aromatic N) is 2. The van der Waals surface area contributed by atoms with Crippen LogP contribution in [-0.2, 0) is 11.8 Å². The fourth-order valence-corrected chi connectivity index (χ4v) is 2.31. The minimum absolute atomic E-state index is 0.0671. The Kier molecular flexibility index (Phi) is 5.68. The highest BCUT2D eigenvalue weighted by atomic mass is 19.4. The molecule has 2 N–H and O–H groups in total. The molecule has 0 spiro atoms. The summed E-state index contributed by atoms with van der Waals surface area (Å²) in [4.78, 5) is 12.5. The molecule has 0 saturated heterocycles. The normalized spacial score (nSPS) is 12.7. The van der Waals surface area contributed by atoms with Gasteiger partial charge >= 0.3 is 6.18 Å². The van der Waals surface area contributed by atoms with Gasteiger partial charge in [-0.05, 0) is 26.1 Å². The maximum Gasteiger partial charge on any atom is 0.422 e. The number of anilines is 1. The Labute approximate surface area is 143 Å². The lowest BCUT2D eigenvalue weighted by atomic mass is 10.1. The zero-order chi connectivity index (χ0) is 18.6. The largest absolute Gasteiger partial charge is 0.484 e. The van der Waals surface area contributed by atoms with Crippen molar-refractivity contribution in [3.05, 3.63) is 41.7 Å². The van der Waals surface area contributed by atoms with E-state index in [1.807, 2.05) is 0 Å². The average molecular weight is 356 g/mol. The molecule has 1 atom stereocenters. The molecule has 0 fully saturated rings. The van der Waals surface area contributed by atoms with Crippen molar-refractivity contribution in [3.8, 4) is 5.75 Å². The van der Waals surface area contributed by atoms with Crippen LogP contribution in [0.5, 0.6) is 5.75 Å². The number of nitrogens with one attached hydrogen (secondary N) is 2. The summed E-state index contributed by atoms with van der Waals surface area (Å²) in [6.07, 6.45) is -1.16. The highest BCUT2D eigenvalue weighted by molar-refractivity contribution is 5.96. The number of aryl methyl sites for hydroxylation is 1. The van der Waals surface area contributed by atoms with Crippen molar-refractivity contribution in [2.75, 3.05) is 19.0 Å². The van der Waals surface area contributed by atoms with Gasteiger partial charge in [-0.3, -0.25) is 9.48 Å². The summed E-state index contributed by atoms with van der Waals surface area (Å²) in [5.74, 6) is -0.288. The second-order valence-electron chi connectivity index (χ2n) is 5.49. The van der Waals surface area contributed by atoms with Gasteiger partial charge in [-0.2, -0.15) is 18.3 Å². The van der Waals surface area contributed by atoms with E-state index in [9.17, 15) is 18.0 Å². The van der Waals surface area contributed by atoms with Crippen molar-refractivity contribution in [2.24, 2.45) is 7.05 Å². The molecule has 0 saturated carbocycles. The summed E-state index contributed by atoms with van der Waals surface area (Å²) < 4.78 is 43.3. The number of halogens is 3. The SMILES string of the molecule is CNC(C(=O)Nc1cccc(OCC(F)(F)F)c1C)c1cnn(C)c1. The van der Waals surface area contributed by atoms with Crippen LogP contribution in [0.1, 0.15) is 17.2 Å². The van der Waals surface area contributed by atoms with E-state index in [1.54, 1.807) is 44.2 Å². The summed E-state index contributed by atoms with van der Waals surface area (Å²) in [6, 6.07) is 3.90. The van der Waals surface area contributed by atoms with E-state index in [0.717, 1.165) is 0 Å². The van der Waals surface area contributed by atoms with Crippen molar-refractivity contribution in [2.45, 2.75) is 19.1 Å². The first-order chi connectivity index (χ1) is 11.7. The zero-order valence-electron chi connectivity index (χ0n) is 14.0. The van der Waals surface area contributed by atoms with Gasteiger partial charge in [0.1, 0.15) is 11.8 Å². The van der Waals surface area contributed by atoms with Crippen LogP contribution in [0.2, 0.25) is 0 Å². The van der Waals surface area contributed by atoms with Crippen molar-refractivity contribution < 1.29 is 22.7 Å². The lowest BCUT2D eigenvalue weighted by Crippen LogP contribution is -2.30. The topological polar surface area (TPSA) is 68.2 Å². The quantitative estimate of drug-likeness (QED) is 0.835. The van der Waals surface area contributed by atoms with Gasteiger partial charge in [0.2, 0.25) is 5.91 Å². The fourth-order valence-electron chi connectivity index (χ4n) is 2.31. The highest BCUT2D eigenvalue weighted by Gasteiger charge is 2.29. The zero-order valence-corrected chi connectivity index (χ0v) is 14.0. The van der Waals surface area contributed by atoms with Gasteiger partial charge in [-0.25, -0.2) is 0 Å². The van der Waals surface area contributed by atoms with Crippen LogP contribution in [0.3, 0.4) is 0 Å². The standard InChI is InChI=1S/C16H19F3N4O2/c1-10-12(5-4-6-13(10)25-9-16(17,18)19)22-15(24)14(20-2)11-7-21-23(3)8-11/h4-8,14,20H,9H2,1-3H3,(H,22,24). The molecule has 1 heterocycles.